The van der Waals surface area contributed by atoms with E-state index >= 15 is 0 Å². The second kappa shape index (κ2) is 22.6. The fraction of sp³-hybridized carbons (Fsp3) is 0. The van der Waals surface area contributed by atoms with Crippen molar-refractivity contribution in [1.82, 2.24) is 0 Å². The van der Waals surface area contributed by atoms with Crippen LogP contribution < -0.4 is 0 Å². The molecule has 420 valence electrons. The van der Waals surface area contributed by atoms with Crippen LogP contribution in [-0.4, -0.2) is 0 Å². The largest absolute Gasteiger partial charge is 0.135 e. The van der Waals surface area contributed by atoms with Gasteiger partial charge in [0.25, 0.3) is 0 Å². The third kappa shape index (κ3) is 9.53. The molecule has 0 aliphatic heterocycles. The third-order valence-corrected chi connectivity index (χ3v) is 20.6. The van der Waals surface area contributed by atoms with E-state index in [1.807, 2.05) is 22.7 Å². The average Bonchev–Trinajstić information content (AvgIpc) is 1.61. The van der Waals surface area contributed by atoms with Crippen LogP contribution >= 0.6 is 22.7 Å². The molecule has 16 aromatic carbocycles. The molecule has 0 aliphatic rings. The van der Waals surface area contributed by atoms with Crippen molar-refractivity contribution >= 4 is 106 Å². The normalized spacial score (nSPS) is 11.6. The Morgan fingerprint density at radius 1 is 0.144 bits per heavy atom. The minimum atomic E-state index is 1.23. The molecular weight excluding hydrogens is 1120 g/mol. The predicted molar refractivity (Wildman–Crippen MR) is 392 cm³/mol. The van der Waals surface area contributed by atoms with Crippen LogP contribution in [0, 0.1) is 0 Å². The van der Waals surface area contributed by atoms with E-state index in [0.717, 1.165) is 0 Å². The number of rotatable bonds is 8. The summed E-state index contributed by atoms with van der Waals surface area (Å²) in [4.78, 5) is 0. The van der Waals surface area contributed by atoms with E-state index in [2.05, 4.69) is 340 Å². The van der Waals surface area contributed by atoms with Crippen LogP contribution in [0.4, 0.5) is 0 Å². The molecule has 0 nitrogen and oxygen atoms in total. The highest BCUT2D eigenvalue weighted by atomic mass is 32.1. The molecule has 18 rings (SSSR count). The quantitative estimate of drug-likeness (QED) is 0.133. The standard InChI is InChI=1S/2C44H28S/c1-2-10-29(11-3-1)32-12-8-13-33(26-32)34-24-25-35-28-41(37-14-4-5-15-38(37)42(35)27-34)31-22-20-30(21-23-31)36-17-9-18-40-39-16-6-7-19-43(39)45-44(36)40;1-2-11-29(12-3-1)34-13-4-5-14-35(34)32-25-26-33-28-41(37-15-6-7-16-38(37)42(33)27-32)31-23-21-30(22-24-31)36-18-10-19-40-39-17-8-9-20-43(39)45-44(36)40/h2*1-28H. The first-order valence-electron chi connectivity index (χ1n) is 30.9. The van der Waals surface area contributed by atoms with E-state index in [1.165, 1.54) is 172 Å². The number of fused-ring (bicyclic) bond motifs is 12. The average molecular weight is 1180 g/mol. The van der Waals surface area contributed by atoms with E-state index < -0.39 is 0 Å². The highest BCUT2D eigenvalue weighted by molar-refractivity contribution is 7.26. The van der Waals surface area contributed by atoms with Gasteiger partial charge in [0.05, 0.1) is 0 Å². The van der Waals surface area contributed by atoms with Crippen LogP contribution in [0.1, 0.15) is 0 Å². The Morgan fingerprint density at radius 2 is 0.456 bits per heavy atom. The van der Waals surface area contributed by atoms with Crippen LogP contribution in [-0.2, 0) is 0 Å². The molecule has 2 heteroatoms. The van der Waals surface area contributed by atoms with Gasteiger partial charge in [0, 0.05) is 40.3 Å². The van der Waals surface area contributed by atoms with Gasteiger partial charge in [-0.2, -0.15) is 0 Å². The number of thiophene rings is 2. The van der Waals surface area contributed by atoms with E-state index in [-0.39, 0.29) is 0 Å². The zero-order valence-corrected chi connectivity index (χ0v) is 50.8. The van der Waals surface area contributed by atoms with Crippen molar-refractivity contribution in [3.8, 4) is 89.0 Å². The smallest absolute Gasteiger partial charge is 0.0433 e. The van der Waals surface area contributed by atoms with Crippen LogP contribution in [0.15, 0.2) is 340 Å². The van der Waals surface area contributed by atoms with Crippen molar-refractivity contribution in [2.75, 3.05) is 0 Å². The van der Waals surface area contributed by atoms with Gasteiger partial charge in [0.15, 0.2) is 0 Å². The minimum Gasteiger partial charge on any atom is -0.135 e. The Hall–Kier alpha value is -11.0. The molecule has 0 aliphatic carbocycles. The Morgan fingerprint density at radius 3 is 0.967 bits per heavy atom. The van der Waals surface area contributed by atoms with Crippen LogP contribution in [0.2, 0.25) is 0 Å². The lowest BCUT2D eigenvalue weighted by molar-refractivity contribution is 1.59. The molecule has 0 atom stereocenters. The summed E-state index contributed by atoms with van der Waals surface area (Å²) in [6, 6.07) is 124. The van der Waals surface area contributed by atoms with Gasteiger partial charge in [-0.15, -0.1) is 22.7 Å². The number of hydrogen-bond donors (Lipinski definition) is 0. The SMILES string of the molecule is c1ccc(-c2cccc(-c3ccc4cc(-c5ccc(-c6cccc7c6sc6ccccc67)cc5)c5ccccc5c4c3)c2)cc1.c1ccc(-c2ccccc2-c2ccc3cc(-c4ccc(-c5cccc6c5sc5ccccc56)cc4)c4ccccc4c3c2)cc1. The Balaban J connectivity index is 0.000000139. The summed E-state index contributed by atoms with van der Waals surface area (Å²) in [7, 11) is 0. The summed E-state index contributed by atoms with van der Waals surface area (Å²) in [5.74, 6) is 0. The molecular formula is C88H56S2. The zero-order chi connectivity index (χ0) is 59.5. The molecule has 0 saturated carbocycles. The number of benzene rings is 16. The van der Waals surface area contributed by atoms with E-state index in [0.29, 0.717) is 0 Å². The summed E-state index contributed by atoms with van der Waals surface area (Å²) in [6.07, 6.45) is 0. The monoisotopic (exact) mass is 1180 g/mol. The van der Waals surface area contributed by atoms with Gasteiger partial charge < -0.3 is 0 Å². The molecule has 0 spiro atoms. The van der Waals surface area contributed by atoms with Crippen LogP contribution in [0.5, 0.6) is 0 Å². The van der Waals surface area contributed by atoms with Gasteiger partial charge in [0.1, 0.15) is 0 Å². The summed E-state index contributed by atoms with van der Waals surface area (Å²) in [6.45, 7) is 0. The lowest BCUT2D eigenvalue weighted by atomic mass is 9.89. The predicted octanol–water partition coefficient (Wildman–Crippen LogP) is 26.1. The molecule has 18 aromatic rings. The maximum Gasteiger partial charge on any atom is 0.0433 e. The van der Waals surface area contributed by atoms with Gasteiger partial charge in [-0.05, 0) is 175 Å². The summed E-state index contributed by atoms with van der Waals surface area (Å²) in [5, 5.41) is 15.5. The molecule has 0 fully saturated rings. The molecule has 0 unspecified atom stereocenters. The van der Waals surface area contributed by atoms with Crippen molar-refractivity contribution in [2.45, 2.75) is 0 Å². The van der Waals surface area contributed by atoms with Crippen molar-refractivity contribution in [3.05, 3.63) is 340 Å². The fourth-order valence-corrected chi connectivity index (χ4v) is 16.2. The highest BCUT2D eigenvalue weighted by Gasteiger charge is 2.17. The second-order valence-corrected chi connectivity index (χ2v) is 25.5. The molecule has 2 heterocycles. The maximum absolute atomic E-state index is 2.37. The van der Waals surface area contributed by atoms with Crippen molar-refractivity contribution in [2.24, 2.45) is 0 Å². The van der Waals surface area contributed by atoms with E-state index in [4.69, 9.17) is 0 Å². The Bertz CT molecular complexity index is 5750. The molecule has 0 saturated heterocycles. The lowest BCUT2D eigenvalue weighted by Gasteiger charge is -2.15. The Labute approximate surface area is 531 Å². The molecule has 2 aromatic heterocycles. The molecule has 0 N–H and O–H groups in total. The molecule has 0 bridgehead atoms. The van der Waals surface area contributed by atoms with E-state index in [9.17, 15) is 0 Å². The van der Waals surface area contributed by atoms with Gasteiger partial charge in [-0.1, -0.05) is 297 Å². The maximum atomic E-state index is 2.37. The zero-order valence-electron chi connectivity index (χ0n) is 49.1. The van der Waals surface area contributed by atoms with Gasteiger partial charge in [-0.25, -0.2) is 0 Å². The molecule has 0 amide bonds. The second-order valence-electron chi connectivity index (χ2n) is 23.4. The van der Waals surface area contributed by atoms with Crippen LogP contribution in [0.25, 0.3) is 172 Å². The topological polar surface area (TPSA) is 0 Å². The minimum absolute atomic E-state index is 1.23. The Kier molecular flexibility index (Phi) is 13.4. The summed E-state index contributed by atoms with van der Waals surface area (Å²) in [5.41, 5.74) is 20.0. The summed E-state index contributed by atoms with van der Waals surface area (Å²) >= 11 is 3.77. The van der Waals surface area contributed by atoms with Gasteiger partial charge >= 0.3 is 0 Å². The number of hydrogen-bond acceptors (Lipinski definition) is 2. The van der Waals surface area contributed by atoms with E-state index in [1.54, 1.807) is 0 Å². The van der Waals surface area contributed by atoms with Crippen molar-refractivity contribution in [3.63, 3.8) is 0 Å². The molecule has 0 radical (unpaired) electrons. The first-order valence-corrected chi connectivity index (χ1v) is 32.5. The molecule has 90 heavy (non-hydrogen) atoms. The van der Waals surface area contributed by atoms with Crippen molar-refractivity contribution < 1.29 is 0 Å². The summed E-state index contributed by atoms with van der Waals surface area (Å²) < 4.78 is 5.39. The van der Waals surface area contributed by atoms with Gasteiger partial charge in [-0.3, -0.25) is 0 Å². The third-order valence-electron chi connectivity index (χ3n) is 18.2. The van der Waals surface area contributed by atoms with Crippen LogP contribution in [0.3, 0.4) is 0 Å². The lowest BCUT2D eigenvalue weighted by Crippen LogP contribution is -1.88. The first-order chi connectivity index (χ1) is 44.6. The van der Waals surface area contributed by atoms with Gasteiger partial charge in [0.2, 0.25) is 0 Å². The van der Waals surface area contributed by atoms with Crippen molar-refractivity contribution in [1.29, 1.82) is 0 Å². The first kappa shape index (κ1) is 53.3. The fourth-order valence-electron chi connectivity index (χ4n) is 13.7. The highest BCUT2D eigenvalue weighted by Crippen LogP contribution is 2.45.